The summed E-state index contributed by atoms with van der Waals surface area (Å²) in [5, 5.41) is 3.66. The number of rotatable bonds is 1. The van der Waals surface area contributed by atoms with E-state index >= 15 is 0 Å². The summed E-state index contributed by atoms with van der Waals surface area (Å²) >= 11 is 0. The molecule has 1 saturated heterocycles. The van der Waals surface area contributed by atoms with Crippen LogP contribution in [0.2, 0.25) is 0 Å². The minimum absolute atomic E-state index is 0.0406. The van der Waals surface area contributed by atoms with Gasteiger partial charge in [-0.25, -0.2) is 0 Å². The largest absolute Gasteiger partial charge is 0.384 e. The fourth-order valence-corrected chi connectivity index (χ4v) is 4.19. The highest BCUT2D eigenvalue weighted by Crippen LogP contribution is 2.29. The second-order valence-electron chi connectivity index (χ2n) is 7.75. The number of hydrogen-bond acceptors (Lipinski definition) is 3. The Hall–Kier alpha value is -1.55. The van der Waals surface area contributed by atoms with Crippen LogP contribution in [0, 0.1) is 12.8 Å². The Morgan fingerprint density at radius 3 is 2.71 bits per heavy atom. The molecule has 2 heterocycles. The molecule has 2 aliphatic rings. The second-order valence-corrected chi connectivity index (χ2v) is 7.75. The molecule has 2 unspecified atom stereocenters. The summed E-state index contributed by atoms with van der Waals surface area (Å²) in [6.45, 7) is 8.71. The SMILES string of the molecule is Cc1cccc2c1NCCC1CCC(CN(C(=O)C(C)C)C2)N1C. The van der Waals surface area contributed by atoms with E-state index in [-0.39, 0.29) is 11.8 Å². The average Bonchev–Trinajstić information content (AvgIpc) is 2.86. The van der Waals surface area contributed by atoms with Gasteiger partial charge in [0.1, 0.15) is 0 Å². The molecule has 2 atom stereocenters. The monoisotopic (exact) mass is 329 g/mol. The zero-order valence-electron chi connectivity index (χ0n) is 15.5. The van der Waals surface area contributed by atoms with Crippen molar-refractivity contribution in [3.63, 3.8) is 0 Å². The van der Waals surface area contributed by atoms with Crippen LogP contribution in [0.1, 0.15) is 44.2 Å². The highest BCUT2D eigenvalue weighted by atomic mass is 16.2. The van der Waals surface area contributed by atoms with Crippen LogP contribution in [0.4, 0.5) is 5.69 Å². The van der Waals surface area contributed by atoms with E-state index in [4.69, 9.17) is 0 Å². The van der Waals surface area contributed by atoms with Crippen molar-refractivity contribution < 1.29 is 4.79 Å². The summed E-state index contributed by atoms with van der Waals surface area (Å²) < 4.78 is 0. The molecule has 0 radical (unpaired) electrons. The molecule has 2 aliphatic heterocycles. The third kappa shape index (κ3) is 3.44. The third-order valence-electron chi connectivity index (χ3n) is 5.72. The Balaban J connectivity index is 1.94. The van der Waals surface area contributed by atoms with E-state index in [1.54, 1.807) is 0 Å². The van der Waals surface area contributed by atoms with Gasteiger partial charge in [0.05, 0.1) is 0 Å². The molecule has 1 fully saturated rings. The Labute approximate surface area is 146 Å². The summed E-state index contributed by atoms with van der Waals surface area (Å²) in [5.41, 5.74) is 3.73. The number of amides is 1. The van der Waals surface area contributed by atoms with Gasteiger partial charge < -0.3 is 10.2 Å². The lowest BCUT2D eigenvalue weighted by Gasteiger charge is -2.32. The third-order valence-corrected chi connectivity index (χ3v) is 5.72. The standard InChI is InChI=1S/C20H31N3O/c1-14(2)20(24)23-12-16-7-5-6-15(3)19(16)21-11-10-17-8-9-18(13-23)22(17)4/h5-7,14,17-18,21H,8-13H2,1-4H3. The number of anilines is 1. The molecule has 0 saturated carbocycles. The van der Waals surface area contributed by atoms with E-state index in [1.165, 1.54) is 36.1 Å². The number of carbonyl (C=O) groups is 1. The minimum Gasteiger partial charge on any atom is -0.384 e. The molecule has 0 aliphatic carbocycles. The zero-order valence-corrected chi connectivity index (χ0v) is 15.5. The van der Waals surface area contributed by atoms with Crippen molar-refractivity contribution in [3.05, 3.63) is 29.3 Å². The summed E-state index contributed by atoms with van der Waals surface area (Å²) in [5.74, 6) is 0.303. The maximum atomic E-state index is 12.8. The first-order valence-corrected chi connectivity index (χ1v) is 9.30. The Morgan fingerprint density at radius 1 is 1.21 bits per heavy atom. The van der Waals surface area contributed by atoms with Gasteiger partial charge in [-0.2, -0.15) is 0 Å². The predicted octanol–water partition coefficient (Wildman–Crippen LogP) is 3.26. The summed E-state index contributed by atoms with van der Waals surface area (Å²) in [6.07, 6.45) is 3.61. The average molecular weight is 329 g/mol. The number of benzene rings is 1. The van der Waals surface area contributed by atoms with Crippen molar-refractivity contribution in [3.8, 4) is 0 Å². The minimum atomic E-state index is 0.0406. The molecule has 132 valence electrons. The molecular formula is C20H31N3O. The van der Waals surface area contributed by atoms with Crippen molar-refractivity contribution >= 4 is 11.6 Å². The molecule has 2 bridgehead atoms. The number of nitrogens with one attached hydrogen (secondary N) is 1. The highest BCUT2D eigenvalue weighted by molar-refractivity contribution is 5.78. The van der Waals surface area contributed by atoms with E-state index < -0.39 is 0 Å². The van der Waals surface area contributed by atoms with Crippen molar-refractivity contribution in [1.82, 2.24) is 9.80 Å². The van der Waals surface area contributed by atoms with E-state index in [2.05, 4.69) is 47.3 Å². The van der Waals surface area contributed by atoms with E-state index in [1.807, 2.05) is 13.8 Å². The topological polar surface area (TPSA) is 35.6 Å². The van der Waals surface area contributed by atoms with Gasteiger partial charge in [0.2, 0.25) is 5.91 Å². The molecule has 1 aromatic carbocycles. The lowest BCUT2D eigenvalue weighted by molar-refractivity contribution is -0.135. The van der Waals surface area contributed by atoms with Crippen LogP contribution in [0.25, 0.3) is 0 Å². The quantitative estimate of drug-likeness (QED) is 0.859. The van der Waals surface area contributed by atoms with Crippen LogP contribution in [0.5, 0.6) is 0 Å². The van der Waals surface area contributed by atoms with Crippen LogP contribution in [-0.4, -0.2) is 47.9 Å². The molecule has 1 N–H and O–H groups in total. The van der Waals surface area contributed by atoms with Crippen LogP contribution in [0.3, 0.4) is 0 Å². The van der Waals surface area contributed by atoms with Crippen molar-refractivity contribution in [2.45, 2.75) is 58.7 Å². The number of fused-ring (bicyclic) bond motifs is 3. The molecule has 4 heteroatoms. The lowest BCUT2D eigenvalue weighted by Crippen LogP contribution is -2.44. The fraction of sp³-hybridized carbons (Fsp3) is 0.650. The molecule has 3 rings (SSSR count). The number of aryl methyl sites for hydroxylation is 1. The van der Waals surface area contributed by atoms with Gasteiger partial charge >= 0.3 is 0 Å². The first-order valence-electron chi connectivity index (χ1n) is 9.30. The highest BCUT2D eigenvalue weighted by Gasteiger charge is 2.33. The van der Waals surface area contributed by atoms with Gasteiger partial charge in [-0.05, 0) is 44.4 Å². The Bertz CT molecular complexity index is 599. The first-order chi connectivity index (χ1) is 11.5. The Kier molecular flexibility index (Phi) is 5.14. The summed E-state index contributed by atoms with van der Waals surface area (Å²) in [7, 11) is 2.23. The van der Waals surface area contributed by atoms with Crippen molar-refractivity contribution in [1.29, 1.82) is 0 Å². The van der Waals surface area contributed by atoms with Crippen molar-refractivity contribution in [2.75, 3.05) is 25.5 Å². The van der Waals surface area contributed by atoms with Crippen molar-refractivity contribution in [2.24, 2.45) is 5.92 Å². The fourth-order valence-electron chi connectivity index (χ4n) is 4.19. The Morgan fingerprint density at radius 2 is 1.96 bits per heavy atom. The van der Waals surface area contributed by atoms with E-state index in [0.29, 0.717) is 18.6 Å². The van der Waals surface area contributed by atoms with Gasteiger partial charge in [-0.15, -0.1) is 0 Å². The number of para-hydroxylation sites is 1. The summed E-state index contributed by atoms with van der Waals surface area (Å²) in [4.78, 5) is 17.4. The van der Waals surface area contributed by atoms with Gasteiger partial charge in [0.15, 0.2) is 0 Å². The molecular weight excluding hydrogens is 298 g/mol. The maximum Gasteiger partial charge on any atom is 0.225 e. The smallest absolute Gasteiger partial charge is 0.225 e. The predicted molar refractivity (Wildman–Crippen MR) is 99.1 cm³/mol. The number of carbonyl (C=O) groups excluding carboxylic acids is 1. The van der Waals surface area contributed by atoms with Crippen LogP contribution in [0.15, 0.2) is 18.2 Å². The number of nitrogens with zero attached hydrogens (tertiary/aromatic N) is 2. The molecule has 24 heavy (non-hydrogen) atoms. The molecule has 0 spiro atoms. The van der Waals surface area contributed by atoms with Crippen LogP contribution < -0.4 is 5.32 Å². The van der Waals surface area contributed by atoms with E-state index in [0.717, 1.165) is 13.1 Å². The molecule has 4 nitrogen and oxygen atoms in total. The number of hydrogen-bond donors (Lipinski definition) is 1. The number of likely N-dealkylation sites (N-methyl/N-ethyl adjacent to an activating group) is 1. The van der Waals surface area contributed by atoms with Gasteiger partial charge in [0.25, 0.3) is 0 Å². The molecule has 0 aromatic heterocycles. The van der Waals surface area contributed by atoms with Gasteiger partial charge in [-0.1, -0.05) is 32.0 Å². The normalized spacial score (nSPS) is 25.1. The van der Waals surface area contributed by atoms with Crippen LogP contribution >= 0.6 is 0 Å². The van der Waals surface area contributed by atoms with Gasteiger partial charge in [0, 0.05) is 43.3 Å². The molecule has 1 amide bonds. The maximum absolute atomic E-state index is 12.8. The summed E-state index contributed by atoms with van der Waals surface area (Å²) in [6, 6.07) is 7.54. The zero-order chi connectivity index (χ0) is 17.3. The van der Waals surface area contributed by atoms with Gasteiger partial charge in [-0.3, -0.25) is 9.69 Å². The first kappa shape index (κ1) is 17.3. The van der Waals surface area contributed by atoms with Crippen LogP contribution in [-0.2, 0) is 11.3 Å². The second kappa shape index (κ2) is 7.14. The molecule has 1 aromatic rings. The lowest BCUT2D eigenvalue weighted by atomic mass is 10.0. The van der Waals surface area contributed by atoms with E-state index in [9.17, 15) is 4.79 Å².